The van der Waals surface area contributed by atoms with E-state index in [0.717, 1.165) is 32.2 Å². The van der Waals surface area contributed by atoms with Gasteiger partial charge in [-0.15, -0.1) is 68.0 Å². The van der Waals surface area contributed by atoms with Gasteiger partial charge in [0.2, 0.25) is 0 Å². The lowest BCUT2D eigenvalue weighted by Gasteiger charge is -2.13. The van der Waals surface area contributed by atoms with Crippen molar-refractivity contribution in [3.63, 3.8) is 0 Å². The number of halogens is 1. The lowest BCUT2D eigenvalue weighted by atomic mass is 9.95. The fourth-order valence-electron chi connectivity index (χ4n) is 8.47. The van der Waals surface area contributed by atoms with Crippen molar-refractivity contribution in [1.82, 2.24) is 0 Å². The number of unbranched alkanes of at least 4 members (excludes halogenated alkanes) is 2. The average molecular weight is 967 g/mol. The Balaban J connectivity index is 1.26. The zero-order valence-electron chi connectivity index (χ0n) is 38.0. The Bertz CT molecular complexity index is 2450. The largest absolute Gasteiger partial charge is 0.459 e. The fraction of sp³-hybridized carbons (Fsp3) is 0.510. The van der Waals surface area contributed by atoms with Crippen LogP contribution in [0.2, 0.25) is 0 Å². The summed E-state index contributed by atoms with van der Waals surface area (Å²) in [6.45, 7) is 18.2. The highest BCUT2D eigenvalue weighted by Gasteiger charge is 2.29. The molecule has 63 heavy (non-hydrogen) atoms. The molecule has 7 aromatic rings. The van der Waals surface area contributed by atoms with E-state index in [1.54, 1.807) is 11.3 Å². The Kier molecular flexibility index (Phi) is 17.9. The molecule has 0 bridgehead atoms. The molecule has 2 atom stereocenters. The van der Waals surface area contributed by atoms with Crippen LogP contribution in [-0.4, -0.2) is 52.2 Å². The molecule has 0 aliphatic rings. The summed E-state index contributed by atoms with van der Waals surface area (Å²) >= 11 is 10.5. The standard InChI is InChI=1S/C51H63FO5S6/c1-8-13-15-33(10-3)28-35-17-19-39(60-35)43-37-27-31(6)58-46(37)44(40-20-18-36(61-40)29-34(11-4)16-14-9-2)38-30-41(62-47(38)43)48-49-42(32(7)59-48)45(52)50(63-49)51(53)57-26-25-56-24-23-55-22-21-54-12-5/h17-20,27,30,33-34H,8-16,21-26,28-29H2,1-7H3. The van der Waals surface area contributed by atoms with Crippen LogP contribution < -0.4 is 0 Å². The SMILES string of the molecule is CCCCC(CC)Cc1ccc(-c2c3cc(-c4sc(C)c5c(F)c(C(=O)OCCOCCOCCOCC)sc45)sc3c(-c3ccc(CC(CC)CCCC)s3)c3cc(C)sc23)s1. The molecular formula is C51H63FO5S6. The Morgan fingerprint density at radius 3 is 1.75 bits per heavy atom. The van der Waals surface area contributed by atoms with Gasteiger partial charge in [0.05, 0.1) is 42.6 Å². The van der Waals surface area contributed by atoms with Crippen LogP contribution in [0.4, 0.5) is 4.39 Å². The van der Waals surface area contributed by atoms with Gasteiger partial charge in [0.15, 0.2) is 5.82 Å². The van der Waals surface area contributed by atoms with E-state index in [1.807, 2.05) is 59.2 Å². The summed E-state index contributed by atoms with van der Waals surface area (Å²) in [6, 6.07) is 14.2. The third-order valence-electron chi connectivity index (χ3n) is 11.9. The quantitative estimate of drug-likeness (QED) is 0.0400. The average Bonchev–Trinajstić information content (AvgIpc) is 4.15. The number of aryl methyl sites for hydroxylation is 2. The lowest BCUT2D eigenvalue weighted by molar-refractivity contribution is 0.00184. The van der Waals surface area contributed by atoms with Gasteiger partial charge in [-0.1, -0.05) is 79.1 Å². The second kappa shape index (κ2) is 23.3. The van der Waals surface area contributed by atoms with E-state index in [9.17, 15) is 4.79 Å². The van der Waals surface area contributed by atoms with Crippen molar-refractivity contribution in [2.45, 2.75) is 113 Å². The van der Waals surface area contributed by atoms with E-state index >= 15 is 4.39 Å². The summed E-state index contributed by atoms with van der Waals surface area (Å²) < 4.78 is 41.6. The Morgan fingerprint density at radius 2 is 1.17 bits per heavy atom. The number of hydrogen-bond donors (Lipinski definition) is 0. The predicted octanol–water partition coefficient (Wildman–Crippen LogP) is 17.0. The number of benzene rings is 1. The highest BCUT2D eigenvalue weighted by atomic mass is 32.1. The van der Waals surface area contributed by atoms with E-state index in [2.05, 4.69) is 71.0 Å². The van der Waals surface area contributed by atoms with Gasteiger partial charge in [-0.05, 0) is 81.8 Å². The number of thiophene rings is 6. The minimum atomic E-state index is -0.654. The first-order valence-electron chi connectivity index (χ1n) is 23.0. The normalized spacial score (nSPS) is 13.0. The van der Waals surface area contributed by atoms with Gasteiger partial charge in [-0.3, -0.25) is 0 Å². The molecule has 0 fully saturated rings. The molecule has 0 aliphatic heterocycles. The molecule has 1 aromatic carbocycles. The van der Waals surface area contributed by atoms with Crippen LogP contribution in [0.25, 0.3) is 60.9 Å². The minimum absolute atomic E-state index is 0.0146. The van der Waals surface area contributed by atoms with Crippen molar-refractivity contribution in [3.8, 4) is 30.6 Å². The molecule has 0 N–H and O–H groups in total. The summed E-state index contributed by atoms with van der Waals surface area (Å²) in [5.74, 6) is 0.253. The number of esters is 1. The minimum Gasteiger partial charge on any atom is -0.459 e. The summed E-state index contributed by atoms with van der Waals surface area (Å²) in [5, 5.41) is 3.10. The number of carbonyl (C=O) groups is 1. The van der Waals surface area contributed by atoms with Crippen LogP contribution in [0.3, 0.4) is 0 Å². The van der Waals surface area contributed by atoms with Crippen LogP contribution in [0, 0.1) is 31.5 Å². The highest BCUT2D eigenvalue weighted by molar-refractivity contribution is 7.32. The molecule has 0 saturated carbocycles. The van der Waals surface area contributed by atoms with Crippen molar-refractivity contribution in [3.05, 3.63) is 66.6 Å². The van der Waals surface area contributed by atoms with Crippen LogP contribution in [0.5, 0.6) is 0 Å². The summed E-state index contributed by atoms with van der Waals surface area (Å²) in [6.07, 6.45) is 12.2. The molecule has 6 heterocycles. The summed E-state index contributed by atoms with van der Waals surface area (Å²) in [4.78, 5) is 23.2. The molecule has 0 saturated heterocycles. The maximum atomic E-state index is 16.3. The van der Waals surface area contributed by atoms with Gasteiger partial charge in [-0.2, -0.15) is 0 Å². The fourth-order valence-corrected chi connectivity index (χ4v) is 15.9. The first-order chi connectivity index (χ1) is 30.7. The van der Waals surface area contributed by atoms with Crippen LogP contribution in [0.1, 0.15) is 115 Å². The van der Waals surface area contributed by atoms with Crippen molar-refractivity contribution in [2.75, 3.05) is 46.2 Å². The molecule has 2 unspecified atom stereocenters. The maximum Gasteiger partial charge on any atom is 0.351 e. The first kappa shape index (κ1) is 48.4. The first-order valence-corrected chi connectivity index (χ1v) is 27.9. The molecular weight excluding hydrogens is 904 g/mol. The number of fused-ring (bicyclic) bond motifs is 3. The summed E-state index contributed by atoms with van der Waals surface area (Å²) in [5.41, 5.74) is 2.63. The topological polar surface area (TPSA) is 54.0 Å². The Morgan fingerprint density at radius 1 is 0.619 bits per heavy atom. The lowest BCUT2D eigenvalue weighted by Crippen LogP contribution is -2.14. The number of carbonyl (C=O) groups excluding carboxylic acids is 1. The third kappa shape index (κ3) is 11.4. The van der Waals surface area contributed by atoms with Gasteiger partial charge in [0, 0.05) is 77.4 Å². The van der Waals surface area contributed by atoms with E-state index in [-0.39, 0.29) is 18.1 Å². The van der Waals surface area contributed by atoms with Gasteiger partial charge < -0.3 is 18.9 Å². The van der Waals surface area contributed by atoms with Crippen molar-refractivity contribution in [1.29, 1.82) is 0 Å². The van der Waals surface area contributed by atoms with Crippen molar-refractivity contribution in [2.24, 2.45) is 11.8 Å². The molecule has 0 amide bonds. The summed E-state index contributed by atoms with van der Waals surface area (Å²) in [7, 11) is 0. The number of rotatable bonds is 26. The van der Waals surface area contributed by atoms with Crippen LogP contribution >= 0.6 is 68.0 Å². The highest BCUT2D eigenvalue weighted by Crippen LogP contribution is 2.55. The van der Waals surface area contributed by atoms with Crippen molar-refractivity contribution < 1.29 is 28.1 Å². The molecule has 6 aromatic heterocycles. The molecule has 7 rings (SSSR count). The molecule has 12 heteroatoms. The monoisotopic (exact) mass is 966 g/mol. The number of hydrogen-bond acceptors (Lipinski definition) is 11. The zero-order chi connectivity index (χ0) is 44.5. The van der Waals surface area contributed by atoms with Gasteiger partial charge in [0.25, 0.3) is 0 Å². The van der Waals surface area contributed by atoms with Crippen LogP contribution in [-0.2, 0) is 31.8 Å². The second-order valence-electron chi connectivity index (χ2n) is 16.5. The van der Waals surface area contributed by atoms with E-state index < -0.39 is 11.8 Å². The van der Waals surface area contributed by atoms with Gasteiger partial charge >= 0.3 is 5.97 Å². The Labute approximate surface area is 397 Å². The molecule has 0 spiro atoms. The van der Waals surface area contributed by atoms with Gasteiger partial charge in [-0.25, -0.2) is 9.18 Å². The van der Waals surface area contributed by atoms with Crippen LogP contribution in [0.15, 0.2) is 36.4 Å². The molecule has 340 valence electrons. The van der Waals surface area contributed by atoms with Crippen molar-refractivity contribution >= 4 is 104 Å². The van der Waals surface area contributed by atoms with Gasteiger partial charge in [0.1, 0.15) is 11.5 Å². The zero-order valence-corrected chi connectivity index (χ0v) is 42.9. The smallest absolute Gasteiger partial charge is 0.351 e. The predicted molar refractivity (Wildman–Crippen MR) is 274 cm³/mol. The molecule has 5 nitrogen and oxygen atoms in total. The molecule has 0 aliphatic carbocycles. The third-order valence-corrected chi connectivity index (χ3v) is 19.0. The number of ether oxygens (including phenoxy) is 4. The second-order valence-corrected chi connectivity index (χ2v) is 23.4. The van der Waals surface area contributed by atoms with E-state index in [1.165, 1.54) is 118 Å². The maximum absolute atomic E-state index is 16.3. The Hall–Kier alpha value is -2.52. The van der Waals surface area contributed by atoms with E-state index in [4.69, 9.17) is 18.9 Å². The molecule has 0 radical (unpaired) electrons. The van der Waals surface area contributed by atoms with E-state index in [0.29, 0.717) is 50.3 Å².